The topological polar surface area (TPSA) is 119 Å². The number of allylic oxidation sites excluding steroid dienone is 3. The van der Waals surface area contributed by atoms with E-state index in [1.165, 1.54) is 47.9 Å². The van der Waals surface area contributed by atoms with Crippen molar-refractivity contribution in [3.63, 3.8) is 0 Å². The number of nitrogens with one attached hydrogen (secondary N) is 1. The first-order chi connectivity index (χ1) is 28.6. The molecule has 1 saturated carbocycles. The third-order valence-electron chi connectivity index (χ3n) is 13.2. The number of carbonyl (C=O) groups excluding carboxylic acids is 4. The van der Waals surface area contributed by atoms with Gasteiger partial charge in [0.2, 0.25) is 11.8 Å². The number of likely N-dealkylation sites (tertiary alicyclic amines) is 2. The lowest BCUT2D eigenvalue weighted by Crippen LogP contribution is -2.54. The fourth-order valence-electron chi connectivity index (χ4n) is 10.5. The number of fused-ring (bicyclic) bond motifs is 4. The summed E-state index contributed by atoms with van der Waals surface area (Å²) in [6, 6.07) is 27.3. The smallest absolute Gasteiger partial charge is 0.260 e. The second-order valence-corrected chi connectivity index (χ2v) is 16.7. The van der Waals surface area contributed by atoms with Gasteiger partial charge in [-0.3, -0.25) is 34.4 Å². The minimum atomic E-state index is -1.49. The molecule has 9 rings (SSSR count). The Morgan fingerprint density at radius 3 is 2.34 bits per heavy atom. The highest BCUT2D eigenvalue weighted by atomic mass is 35.5. The average Bonchev–Trinajstić information content (AvgIpc) is 3.63. The van der Waals surface area contributed by atoms with Crippen molar-refractivity contribution in [2.24, 2.45) is 29.6 Å². The summed E-state index contributed by atoms with van der Waals surface area (Å²) in [7, 11) is 1.46. The van der Waals surface area contributed by atoms with Gasteiger partial charge in [0, 0.05) is 36.6 Å². The predicted octanol–water partition coefficient (Wildman–Crippen LogP) is 7.39. The number of benzene rings is 4. The zero-order valence-corrected chi connectivity index (χ0v) is 33.2. The summed E-state index contributed by atoms with van der Waals surface area (Å²) < 4.78 is 19.3. The third kappa shape index (κ3) is 6.60. The van der Waals surface area contributed by atoms with Crippen LogP contribution >= 0.6 is 11.6 Å². The lowest BCUT2D eigenvalue weighted by atomic mass is 9.50. The van der Waals surface area contributed by atoms with Crippen LogP contribution in [0.3, 0.4) is 0 Å². The second kappa shape index (κ2) is 15.4. The molecule has 3 saturated heterocycles. The Kier molecular flexibility index (Phi) is 10.1. The van der Waals surface area contributed by atoms with Gasteiger partial charge in [-0.25, -0.2) is 4.39 Å². The highest BCUT2D eigenvalue weighted by Crippen LogP contribution is 2.61. The van der Waals surface area contributed by atoms with E-state index in [0.29, 0.717) is 41.1 Å². The van der Waals surface area contributed by atoms with Gasteiger partial charge in [-0.2, -0.15) is 5.01 Å². The number of aromatic hydroxyl groups is 1. The fraction of sp³-hybridized carbons (Fsp3) is 0.319. The molecular formula is C47H44ClFN4O6. The highest BCUT2D eigenvalue weighted by molar-refractivity contribution is 6.30. The molecule has 3 heterocycles. The van der Waals surface area contributed by atoms with E-state index in [0.717, 1.165) is 30.2 Å². The fourth-order valence-corrected chi connectivity index (χ4v) is 10.6. The number of ether oxygens (including phenoxy) is 1. The van der Waals surface area contributed by atoms with Crippen molar-refractivity contribution in [3.8, 4) is 11.5 Å². The molecule has 0 radical (unpaired) electrons. The van der Waals surface area contributed by atoms with Crippen molar-refractivity contribution < 1.29 is 33.4 Å². The largest absolute Gasteiger partial charge is 0.504 e. The summed E-state index contributed by atoms with van der Waals surface area (Å²) in [6.45, 7) is 2.32. The van der Waals surface area contributed by atoms with Gasteiger partial charge in [-0.1, -0.05) is 83.9 Å². The Morgan fingerprint density at radius 1 is 0.898 bits per heavy atom. The van der Waals surface area contributed by atoms with E-state index in [1.54, 1.807) is 36.4 Å². The quantitative estimate of drug-likeness (QED) is 0.133. The number of piperidine rings is 1. The minimum absolute atomic E-state index is 0.0315. The summed E-state index contributed by atoms with van der Waals surface area (Å²) in [5.74, 6) is -5.07. The molecule has 4 aromatic rings. The molecule has 4 fully saturated rings. The Morgan fingerprint density at radius 2 is 1.63 bits per heavy atom. The van der Waals surface area contributed by atoms with Crippen LogP contribution in [-0.2, 0) is 31.1 Å². The Bertz CT molecular complexity index is 2360. The molecule has 3 aliphatic heterocycles. The summed E-state index contributed by atoms with van der Waals surface area (Å²) in [6.07, 6.45) is 7.59. The number of nitrogens with zero attached hydrogens (tertiary/aromatic N) is 3. The van der Waals surface area contributed by atoms with Gasteiger partial charge in [0.15, 0.2) is 11.5 Å². The van der Waals surface area contributed by atoms with E-state index in [4.69, 9.17) is 16.3 Å². The average molecular weight is 815 g/mol. The van der Waals surface area contributed by atoms with Crippen molar-refractivity contribution in [1.82, 2.24) is 14.8 Å². The number of rotatable bonds is 9. The van der Waals surface area contributed by atoms with E-state index >= 15 is 4.79 Å². The normalized spacial score (nSPS) is 27.2. The van der Waals surface area contributed by atoms with Gasteiger partial charge < -0.3 is 9.84 Å². The molecule has 6 atom stereocenters. The first-order valence-corrected chi connectivity index (χ1v) is 20.5. The van der Waals surface area contributed by atoms with Crippen LogP contribution in [0.4, 0.5) is 10.1 Å². The predicted molar refractivity (Wildman–Crippen MR) is 220 cm³/mol. The SMILES string of the molecule is COc1cc(C=C[C@H]2C3=CC[C@@H]4C(=O)N(C5CCN(Cc6ccccc6)CC5)C(=O)[C@@H]4[C@@H]3C[C@H]3C(=O)N(Nc4ccc(F)cc4)C(=O)[C@@]23c2ccc(Cl)cc2)ccc1O. The van der Waals surface area contributed by atoms with Gasteiger partial charge >= 0.3 is 0 Å². The van der Waals surface area contributed by atoms with Gasteiger partial charge in [0.05, 0.1) is 36.0 Å². The second-order valence-electron chi connectivity index (χ2n) is 16.2. The van der Waals surface area contributed by atoms with Crippen LogP contribution in [0.15, 0.2) is 115 Å². The maximum absolute atomic E-state index is 15.3. The number of phenols is 1. The van der Waals surface area contributed by atoms with Crippen LogP contribution in [0.5, 0.6) is 11.5 Å². The van der Waals surface area contributed by atoms with Gasteiger partial charge in [-0.05, 0) is 96.8 Å². The molecule has 0 spiro atoms. The van der Waals surface area contributed by atoms with E-state index in [1.807, 2.05) is 36.4 Å². The van der Waals surface area contributed by atoms with Crippen molar-refractivity contribution in [1.29, 1.82) is 0 Å². The number of halogens is 2. The monoisotopic (exact) mass is 814 g/mol. The molecule has 2 N–H and O–H groups in total. The first kappa shape index (κ1) is 38.7. The van der Waals surface area contributed by atoms with Crippen molar-refractivity contribution in [2.75, 3.05) is 25.6 Å². The summed E-state index contributed by atoms with van der Waals surface area (Å²) in [4.78, 5) is 63.2. The van der Waals surface area contributed by atoms with Crippen LogP contribution in [0.25, 0.3) is 6.08 Å². The van der Waals surface area contributed by atoms with Crippen LogP contribution in [0.1, 0.15) is 42.4 Å². The molecule has 12 heteroatoms. The van der Waals surface area contributed by atoms with Crippen LogP contribution in [0, 0.1) is 35.4 Å². The highest BCUT2D eigenvalue weighted by Gasteiger charge is 2.69. The molecule has 0 unspecified atom stereocenters. The molecule has 4 amide bonds. The van der Waals surface area contributed by atoms with Gasteiger partial charge in [0.25, 0.3) is 11.8 Å². The van der Waals surface area contributed by atoms with Crippen LogP contribution < -0.4 is 10.2 Å². The third-order valence-corrected chi connectivity index (χ3v) is 13.5. The summed E-state index contributed by atoms with van der Waals surface area (Å²) >= 11 is 6.41. The summed E-state index contributed by atoms with van der Waals surface area (Å²) in [5, 5.41) is 11.8. The Labute approximate surface area is 346 Å². The Hall–Kier alpha value is -5.78. The zero-order valence-electron chi connectivity index (χ0n) is 32.5. The number of amides is 4. The van der Waals surface area contributed by atoms with Crippen LogP contribution in [-0.4, -0.2) is 69.8 Å². The molecule has 10 nitrogen and oxygen atoms in total. The molecular weight excluding hydrogens is 771 g/mol. The zero-order chi connectivity index (χ0) is 41.0. The van der Waals surface area contributed by atoms with Crippen molar-refractivity contribution in [2.45, 2.75) is 43.7 Å². The molecule has 0 aromatic heterocycles. The van der Waals surface area contributed by atoms with E-state index in [2.05, 4.69) is 22.5 Å². The number of methoxy groups -OCH3 is 1. The number of imide groups is 2. The lowest BCUT2D eigenvalue weighted by molar-refractivity contribution is -0.144. The van der Waals surface area contributed by atoms with E-state index < -0.39 is 52.6 Å². The molecule has 2 aliphatic carbocycles. The van der Waals surface area contributed by atoms with Crippen LogP contribution in [0.2, 0.25) is 5.02 Å². The minimum Gasteiger partial charge on any atom is -0.504 e. The maximum atomic E-state index is 15.3. The number of hydrogen-bond acceptors (Lipinski definition) is 8. The first-order valence-electron chi connectivity index (χ1n) is 20.1. The lowest BCUT2D eigenvalue weighted by Gasteiger charge is -2.49. The number of hydrazine groups is 1. The number of carbonyl (C=O) groups is 4. The van der Waals surface area contributed by atoms with E-state index in [-0.39, 0.29) is 35.8 Å². The van der Waals surface area contributed by atoms with Gasteiger partial charge in [-0.15, -0.1) is 0 Å². The molecule has 302 valence electrons. The van der Waals surface area contributed by atoms with Crippen molar-refractivity contribution >= 4 is 47.0 Å². The van der Waals surface area contributed by atoms with Crippen molar-refractivity contribution in [3.05, 3.63) is 142 Å². The van der Waals surface area contributed by atoms with E-state index in [9.17, 15) is 23.9 Å². The number of anilines is 1. The standard InChI is InChI=1S/C47H44ClFN4O6/c1-59-41-25-28(8-20-40(41)54)7-19-38-35-17-18-36-42(45(57)52(43(36)55)34-21-23-51(24-22-34)27-29-5-3-2-4-6-29)37(35)26-39-44(56)53(50-33-15-13-32(49)14-16-33)46(58)47(38,39)30-9-11-31(48)12-10-30/h2-17,19-20,25,34,36-39,42,50,54H,18,21-24,26-27H2,1H3/t36-,37+,38-,39-,42-,47-/m0/s1. The maximum Gasteiger partial charge on any atom is 0.260 e. The molecule has 4 aromatic carbocycles. The Balaban J connectivity index is 1.10. The van der Waals surface area contributed by atoms with Gasteiger partial charge in [0.1, 0.15) is 5.82 Å². The number of phenolic OH excluding ortho intramolecular Hbond substituents is 1. The molecule has 59 heavy (non-hydrogen) atoms. The summed E-state index contributed by atoms with van der Waals surface area (Å²) in [5.41, 5.74) is 5.13. The number of hydrogen-bond donors (Lipinski definition) is 2. The molecule has 0 bridgehead atoms. The molecule has 5 aliphatic rings.